The van der Waals surface area contributed by atoms with E-state index in [2.05, 4.69) is 5.32 Å². The summed E-state index contributed by atoms with van der Waals surface area (Å²) in [7, 11) is 1.67. The summed E-state index contributed by atoms with van der Waals surface area (Å²) >= 11 is 0. The van der Waals surface area contributed by atoms with Crippen LogP contribution in [0.1, 0.15) is 12.8 Å². The van der Waals surface area contributed by atoms with Crippen molar-refractivity contribution in [2.75, 3.05) is 40.0 Å². The summed E-state index contributed by atoms with van der Waals surface area (Å²) in [5.74, 6) is 0. The first kappa shape index (κ1) is 10.9. The molecule has 0 aromatic rings. The van der Waals surface area contributed by atoms with Crippen molar-refractivity contribution >= 4 is 0 Å². The molecule has 0 aromatic carbocycles. The van der Waals surface area contributed by atoms with Crippen LogP contribution in [0.3, 0.4) is 0 Å². The molecule has 78 valence electrons. The third kappa shape index (κ3) is 4.04. The van der Waals surface area contributed by atoms with Crippen molar-refractivity contribution < 1.29 is 14.6 Å². The van der Waals surface area contributed by atoms with Crippen LogP contribution in [0.25, 0.3) is 0 Å². The zero-order valence-corrected chi connectivity index (χ0v) is 8.21. The van der Waals surface area contributed by atoms with Crippen LogP contribution < -0.4 is 5.32 Å². The molecule has 13 heavy (non-hydrogen) atoms. The SMILES string of the molecule is COCCNCC1(O)CCOCC1. The van der Waals surface area contributed by atoms with Crippen LogP contribution in [-0.2, 0) is 9.47 Å². The van der Waals surface area contributed by atoms with Crippen LogP contribution in [0.4, 0.5) is 0 Å². The number of ether oxygens (including phenoxy) is 2. The molecule has 1 fully saturated rings. The lowest BCUT2D eigenvalue weighted by atomic mass is 9.94. The second-order valence-corrected chi connectivity index (χ2v) is 3.51. The van der Waals surface area contributed by atoms with Gasteiger partial charge in [0.1, 0.15) is 0 Å². The zero-order chi connectivity index (χ0) is 9.57. The Morgan fingerprint density at radius 3 is 2.77 bits per heavy atom. The minimum absolute atomic E-state index is 0.564. The highest BCUT2D eigenvalue weighted by atomic mass is 16.5. The zero-order valence-electron chi connectivity index (χ0n) is 8.21. The van der Waals surface area contributed by atoms with Gasteiger partial charge < -0.3 is 19.9 Å². The topological polar surface area (TPSA) is 50.7 Å². The van der Waals surface area contributed by atoms with Crippen molar-refractivity contribution in [2.24, 2.45) is 0 Å². The lowest BCUT2D eigenvalue weighted by Gasteiger charge is -2.32. The van der Waals surface area contributed by atoms with Crippen LogP contribution in [0.15, 0.2) is 0 Å². The van der Waals surface area contributed by atoms with Crippen molar-refractivity contribution in [3.63, 3.8) is 0 Å². The van der Waals surface area contributed by atoms with Crippen LogP contribution in [0.5, 0.6) is 0 Å². The summed E-state index contributed by atoms with van der Waals surface area (Å²) in [5.41, 5.74) is -0.564. The molecule has 0 saturated carbocycles. The Bertz CT molecular complexity index is 135. The van der Waals surface area contributed by atoms with Gasteiger partial charge in [0.15, 0.2) is 0 Å². The Morgan fingerprint density at radius 2 is 2.15 bits per heavy atom. The fourth-order valence-corrected chi connectivity index (χ4v) is 1.42. The number of hydrogen-bond donors (Lipinski definition) is 2. The number of rotatable bonds is 5. The van der Waals surface area contributed by atoms with Gasteiger partial charge in [-0.2, -0.15) is 0 Å². The van der Waals surface area contributed by atoms with Crippen LogP contribution >= 0.6 is 0 Å². The first-order valence-corrected chi connectivity index (χ1v) is 4.77. The Hall–Kier alpha value is -0.160. The molecular weight excluding hydrogens is 170 g/mol. The first-order valence-electron chi connectivity index (χ1n) is 4.77. The van der Waals surface area contributed by atoms with Crippen molar-refractivity contribution in [1.29, 1.82) is 0 Å². The van der Waals surface area contributed by atoms with E-state index in [0.717, 1.165) is 19.4 Å². The third-order valence-corrected chi connectivity index (χ3v) is 2.36. The molecule has 4 heteroatoms. The van der Waals surface area contributed by atoms with E-state index in [1.807, 2.05) is 0 Å². The predicted molar refractivity (Wildman–Crippen MR) is 49.7 cm³/mol. The Balaban J connectivity index is 2.10. The number of aliphatic hydroxyl groups is 1. The lowest BCUT2D eigenvalue weighted by Crippen LogP contribution is -2.45. The minimum atomic E-state index is -0.564. The van der Waals surface area contributed by atoms with Crippen molar-refractivity contribution in [2.45, 2.75) is 18.4 Å². The van der Waals surface area contributed by atoms with Gasteiger partial charge in [0.25, 0.3) is 0 Å². The highest BCUT2D eigenvalue weighted by Gasteiger charge is 2.28. The summed E-state index contributed by atoms with van der Waals surface area (Å²) in [4.78, 5) is 0. The Morgan fingerprint density at radius 1 is 1.46 bits per heavy atom. The van der Waals surface area contributed by atoms with Gasteiger partial charge in [-0.15, -0.1) is 0 Å². The van der Waals surface area contributed by atoms with Crippen molar-refractivity contribution in [3.05, 3.63) is 0 Å². The summed E-state index contributed by atoms with van der Waals surface area (Å²) in [5, 5.41) is 13.2. The molecular formula is C9H19NO3. The smallest absolute Gasteiger partial charge is 0.0815 e. The molecule has 0 unspecified atom stereocenters. The van der Waals surface area contributed by atoms with E-state index in [1.54, 1.807) is 7.11 Å². The van der Waals surface area contributed by atoms with E-state index < -0.39 is 5.60 Å². The average Bonchev–Trinajstić information content (AvgIpc) is 2.14. The van der Waals surface area contributed by atoms with Gasteiger partial charge >= 0.3 is 0 Å². The maximum Gasteiger partial charge on any atom is 0.0815 e. The lowest BCUT2D eigenvalue weighted by molar-refractivity contribution is -0.0618. The van der Waals surface area contributed by atoms with E-state index in [-0.39, 0.29) is 0 Å². The minimum Gasteiger partial charge on any atom is -0.388 e. The molecule has 1 aliphatic rings. The second-order valence-electron chi connectivity index (χ2n) is 3.51. The van der Waals surface area contributed by atoms with Crippen molar-refractivity contribution in [1.82, 2.24) is 5.32 Å². The molecule has 1 saturated heterocycles. The van der Waals surface area contributed by atoms with E-state index in [9.17, 15) is 5.11 Å². The molecule has 0 radical (unpaired) electrons. The normalized spacial score (nSPS) is 21.7. The maximum atomic E-state index is 9.99. The predicted octanol–water partition coefficient (Wildman–Crippen LogP) is -0.236. The number of hydrogen-bond acceptors (Lipinski definition) is 4. The molecule has 0 atom stereocenters. The molecule has 1 rings (SSSR count). The molecule has 1 aliphatic heterocycles. The van der Waals surface area contributed by atoms with Crippen LogP contribution in [0, 0.1) is 0 Å². The quantitative estimate of drug-likeness (QED) is 0.586. The van der Waals surface area contributed by atoms with Gasteiger partial charge in [-0.25, -0.2) is 0 Å². The molecule has 0 spiro atoms. The van der Waals surface area contributed by atoms with Gasteiger partial charge in [0, 0.05) is 46.3 Å². The number of nitrogens with one attached hydrogen (secondary N) is 1. The summed E-state index contributed by atoms with van der Waals surface area (Å²) in [6.45, 7) is 3.46. The summed E-state index contributed by atoms with van der Waals surface area (Å²) < 4.78 is 10.1. The number of methoxy groups -OCH3 is 1. The molecule has 0 aromatic heterocycles. The van der Waals surface area contributed by atoms with Gasteiger partial charge in [-0.05, 0) is 0 Å². The van der Waals surface area contributed by atoms with E-state index in [0.29, 0.717) is 26.4 Å². The van der Waals surface area contributed by atoms with E-state index in [4.69, 9.17) is 9.47 Å². The van der Waals surface area contributed by atoms with Gasteiger partial charge in [0.2, 0.25) is 0 Å². The Labute approximate surface area is 79.2 Å². The standard InChI is InChI=1S/C9H19NO3/c1-12-7-4-10-8-9(11)2-5-13-6-3-9/h10-11H,2-8H2,1H3. The fourth-order valence-electron chi connectivity index (χ4n) is 1.42. The largest absolute Gasteiger partial charge is 0.388 e. The molecule has 4 nitrogen and oxygen atoms in total. The third-order valence-electron chi connectivity index (χ3n) is 2.36. The molecule has 1 heterocycles. The Kier molecular flexibility index (Phi) is 4.66. The highest BCUT2D eigenvalue weighted by Crippen LogP contribution is 2.18. The van der Waals surface area contributed by atoms with Gasteiger partial charge in [0.05, 0.1) is 12.2 Å². The highest BCUT2D eigenvalue weighted by molar-refractivity contribution is 4.83. The molecule has 0 bridgehead atoms. The molecule has 0 aliphatic carbocycles. The molecule has 0 amide bonds. The van der Waals surface area contributed by atoms with Crippen molar-refractivity contribution in [3.8, 4) is 0 Å². The fraction of sp³-hybridized carbons (Fsp3) is 1.00. The summed E-state index contributed by atoms with van der Waals surface area (Å²) in [6, 6.07) is 0. The molecule has 2 N–H and O–H groups in total. The average molecular weight is 189 g/mol. The summed E-state index contributed by atoms with van der Waals surface area (Å²) in [6.07, 6.45) is 1.46. The second kappa shape index (κ2) is 5.54. The monoisotopic (exact) mass is 189 g/mol. The van der Waals surface area contributed by atoms with Crippen LogP contribution in [-0.4, -0.2) is 50.7 Å². The van der Waals surface area contributed by atoms with E-state index in [1.165, 1.54) is 0 Å². The van der Waals surface area contributed by atoms with E-state index >= 15 is 0 Å². The first-order chi connectivity index (χ1) is 6.27. The van der Waals surface area contributed by atoms with Gasteiger partial charge in [-0.3, -0.25) is 0 Å². The van der Waals surface area contributed by atoms with Gasteiger partial charge in [-0.1, -0.05) is 0 Å². The maximum absolute atomic E-state index is 9.99. The van der Waals surface area contributed by atoms with Crippen LogP contribution in [0.2, 0.25) is 0 Å².